The smallest absolute Gasteiger partial charge is 0.269 e. The molecule has 0 bridgehead atoms. The van der Waals surface area contributed by atoms with Crippen LogP contribution < -0.4 is 16.0 Å². The lowest BCUT2D eigenvalue weighted by Gasteiger charge is -2.17. The number of aromatic amines is 2. The van der Waals surface area contributed by atoms with E-state index in [-0.39, 0.29) is 12.1 Å². The number of aryl methyl sites for hydroxylation is 1. The molecule has 18 heavy (non-hydrogen) atoms. The van der Waals surface area contributed by atoms with Gasteiger partial charge in [-0.3, -0.25) is 15.0 Å². The topological polar surface area (TPSA) is 83.9 Å². The minimum Gasteiger partial charge on any atom is -0.493 e. The second kappa shape index (κ2) is 4.34. The highest BCUT2D eigenvalue weighted by Crippen LogP contribution is 2.29. The van der Waals surface area contributed by atoms with E-state index in [9.17, 15) is 4.79 Å². The van der Waals surface area contributed by atoms with Gasteiger partial charge >= 0.3 is 0 Å². The van der Waals surface area contributed by atoms with Gasteiger partial charge in [-0.05, 0) is 36.6 Å². The Balaban J connectivity index is 2.09. The summed E-state index contributed by atoms with van der Waals surface area (Å²) in [5.74, 6) is 0.942. The Morgan fingerprint density at radius 2 is 2.22 bits per heavy atom. The van der Waals surface area contributed by atoms with E-state index in [4.69, 9.17) is 10.5 Å². The molecule has 0 saturated heterocycles. The van der Waals surface area contributed by atoms with Gasteiger partial charge in [0.05, 0.1) is 17.9 Å². The highest BCUT2D eigenvalue weighted by molar-refractivity contribution is 5.65. The summed E-state index contributed by atoms with van der Waals surface area (Å²) < 4.78 is 5.57. The van der Waals surface area contributed by atoms with Crippen LogP contribution in [-0.4, -0.2) is 16.8 Å². The Morgan fingerprint density at radius 1 is 1.33 bits per heavy atom. The van der Waals surface area contributed by atoms with E-state index in [2.05, 4.69) is 16.3 Å². The molecule has 0 saturated carbocycles. The molecule has 1 aromatic heterocycles. The van der Waals surface area contributed by atoms with Crippen LogP contribution in [0.5, 0.6) is 5.75 Å². The van der Waals surface area contributed by atoms with Gasteiger partial charge in [-0.1, -0.05) is 0 Å². The van der Waals surface area contributed by atoms with Gasteiger partial charge in [-0.15, -0.1) is 0 Å². The largest absolute Gasteiger partial charge is 0.493 e. The van der Waals surface area contributed by atoms with Crippen LogP contribution >= 0.6 is 0 Å². The number of fused-ring (bicyclic) bond motifs is 1. The standard InChI is InChI=1S/C13H15N3O2/c14-7-10-12(15-16-13(10)17)9-3-4-11-8(6-9)2-1-5-18-11/h3-4,6H,1-2,5,7,14H2,(H2,15,16,17). The van der Waals surface area contributed by atoms with Crippen LogP contribution in [0.4, 0.5) is 0 Å². The molecule has 94 valence electrons. The van der Waals surface area contributed by atoms with Gasteiger partial charge in [-0.25, -0.2) is 0 Å². The Labute approximate surface area is 104 Å². The lowest BCUT2D eigenvalue weighted by Crippen LogP contribution is -2.11. The molecule has 0 fully saturated rings. The van der Waals surface area contributed by atoms with Crippen LogP contribution in [0.1, 0.15) is 17.5 Å². The van der Waals surface area contributed by atoms with Crippen molar-refractivity contribution in [1.82, 2.24) is 10.2 Å². The Kier molecular flexibility index (Phi) is 2.68. The minimum absolute atomic E-state index is 0.151. The summed E-state index contributed by atoms with van der Waals surface area (Å²) in [6.07, 6.45) is 2.04. The second-order valence-electron chi connectivity index (χ2n) is 4.41. The van der Waals surface area contributed by atoms with Crippen LogP contribution in [0.3, 0.4) is 0 Å². The first kappa shape index (κ1) is 11.1. The van der Waals surface area contributed by atoms with Crippen LogP contribution in [0.15, 0.2) is 23.0 Å². The van der Waals surface area contributed by atoms with E-state index >= 15 is 0 Å². The number of H-pyrrole nitrogens is 2. The highest BCUT2D eigenvalue weighted by Gasteiger charge is 2.14. The van der Waals surface area contributed by atoms with E-state index < -0.39 is 0 Å². The third-order valence-corrected chi connectivity index (χ3v) is 3.28. The molecule has 3 rings (SSSR count). The summed E-state index contributed by atoms with van der Waals surface area (Å²) in [6, 6.07) is 5.96. The molecular weight excluding hydrogens is 230 g/mol. The first-order valence-corrected chi connectivity index (χ1v) is 6.05. The molecule has 2 heterocycles. The van der Waals surface area contributed by atoms with Crippen molar-refractivity contribution in [3.8, 4) is 17.0 Å². The Hall–Kier alpha value is -2.01. The molecule has 5 heteroatoms. The van der Waals surface area contributed by atoms with Gasteiger partial charge in [0.1, 0.15) is 5.75 Å². The Morgan fingerprint density at radius 3 is 3.06 bits per heavy atom. The van der Waals surface area contributed by atoms with E-state index in [1.54, 1.807) is 0 Å². The van der Waals surface area contributed by atoms with Crippen molar-refractivity contribution in [2.75, 3.05) is 6.61 Å². The van der Waals surface area contributed by atoms with Crippen molar-refractivity contribution in [1.29, 1.82) is 0 Å². The summed E-state index contributed by atoms with van der Waals surface area (Å²) >= 11 is 0. The third kappa shape index (κ3) is 1.73. The summed E-state index contributed by atoms with van der Waals surface area (Å²) in [6.45, 7) is 1.00. The minimum atomic E-state index is -0.151. The highest BCUT2D eigenvalue weighted by atomic mass is 16.5. The van der Waals surface area contributed by atoms with Crippen LogP contribution in [-0.2, 0) is 13.0 Å². The predicted molar refractivity (Wildman–Crippen MR) is 68.6 cm³/mol. The zero-order valence-electron chi connectivity index (χ0n) is 9.95. The fourth-order valence-electron chi connectivity index (χ4n) is 2.34. The number of rotatable bonds is 2. The van der Waals surface area contributed by atoms with Crippen molar-refractivity contribution < 1.29 is 4.74 Å². The summed E-state index contributed by atoms with van der Waals surface area (Å²) in [5, 5.41) is 5.46. The summed E-state index contributed by atoms with van der Waals surface area (Å²) in [4.78, 5) is 11.5. The number of ether oxygens (including phenoxy) is 1. The molecule has 0 atom stereocenters. The van der Waals surface area contributed by atoms with Gasteiger partial charge in [-0.2, -0.15) is 0 Å². The average molecular weight is 245 g/mol. The number of nitrogens with two attached hydrogens (primary N) is 1. The molecule has 4 N–H and O–H groups in total. The number of benzene rings is 1. The first-order valence-electron chi connectivity index (χ1n) is 6.05. The third-order valence-electron chi connectivity index (χ3n) is 3.28. The van der Waals surface area contributed by atoms with Crippen LogP contribution in [0, 0.1) is 0 Å². The van der Waals surface area contributed by atoms with Gasteiger partial charge in [0, 0.05) is 12.1 Å². The van der Waals surface area contributed by atoms with E-state index in [0.717, 1.165) is 36.5 Å². The molecule has 1 aliphatic rings. The fraction of sp³-hybridized carbons (Fsp3) is 0.308. The second-order valence-corrected chi connectivity index (χ2v) is 4.41. The molecule has 0 unspecified atom stereocenters. The molecule has 0 spiro atoms. The molecule has 0 radical (unpaired) electrons. The molecule has 1 aromatic carbocycles. The van der Waals surface area contributed by atoms with Gasteiger partial charge in [0.15, 0.2) is 0 Å². The van der Waals surface area contributed by atoms with Crippen molar-refractivity contribution in [3.63, 3.8) is 0 Å². The molecule has 5 nitrogen and oxygen atoms in total. The number of hydrogen-bond donors (Lipinski definition) is 3. The maximum atomic E-state index is 11.5. The summed E-state index contributed by atoms with van der Waals surface area (Å²) in [7, 11) is 0. The monoisotopic (exact) mass is 245 g/mol. The average Bonchev–Trinajstić information content (AvgIpc) is 2.79. The first-order chi connectivity index (χ1) is 8.79. The number of hydrogen-bond acceptors (Lipinski definition) is 3. The molecule has 2 aromatic rings. The zero-order valence-corrected chi connectivity index (χ0v) is 9.95. The normalized spacial score (nSPS) is 14.1. The zero-order chi connectivity index (χ0) is 12.5. The Bertz CT molecular complexity index is 627. The molecule has 1 aliphatic heterocycles. The number of nitrogens with one attached hydrogen (secondary N) is 2. The van der Waals surface area contributed by atoms with E-state index in [0.29, 0.717) is 5.56 Å². The molecular formula is C13H15N3O2. The van der Waals surface area contributed by atoms with Crippen LogP contribution in [0.2, 0.25) is 0 Å². The summed E-state index contributed by atoms with van der Waals surface area (Å²) in [5.41, 5.74) is 8.97. The van der Waals surface area contributed by atoms with Gasteiger partial charge in [0.2, 0.25) is 0 Å². The fourth-order valence-corrected chi connectivity index (χ4v) is 2.34. The van der Waals surface area contributed by atoms with E-state index in [1.807, 2.05) is 12.1 Å². The van der Waals surface area contributed by atoms with Crippen molar-refractivity contribution in [2.24, 2.45) is 5.73 Å². The van der Waals surface area contributed by atoms with Crippen molar-refractivity contribution in [3.05, 3.63) is 39.7 Å². The van der Waals surface area contributed by atoms with E-state index in [1.165, 1.54) is 5.56 Å². The quantitative estimate of drug-likeness (QED) is 0.742. The van der Waals surface area contributed by atoms with Crippen molar-refractivity contribution in [2.45, 2.75) is 19.4 Å². The van der Waals surface area contributed by atoms with Crippen molar-refractivity contribution >= 4 is 0 Å². The molecule has 0 amide bonds. The maximum absolute atomic E-state index is 11.5. The molecule has 0 aliphatic carbocycles. The maximum Gasteiger partial charge on any atom is 0.269 e. The predicted octanol–water partition coefficient (Wildman–Crippen LogP) is 1.15. The van der Waals surface area contributed by atoms with Crippen LogP contribution in [0.25, 0.3) is 11.3 Å². The SMILES string of the molecule is NCc1c(-c2ccc3c(c2)CCCO3)[nH][nH]c1=O. The van der Waals surface area contributed by atoms with Gasteiger partial charge in [0.25, 0.3) is 5.56 Å². The lowest BCUT2D eigenvalue weighted by atomic mass is 10.0. The lowest BCUT2D eigenvalue weighted by molar-refractivity contribution is 0.288. The van der Waals surface area contributed by atoms with Gasteiger partial charge < -0.3 is 10.5 Å². The number of aromatic nitrogens is 2.